The number of hydrogen-bond acceptors (Lipinski definition) is 7. The number of aromatic nitrogens is 2. The molecule has 2 heterocycles. The van der Waals surface area contributed by atoms with E-state index in [1.165, 1.54) is 11.0 Å². The number of rotatable bonds is 4. The standard InChI is InChI=1S/C25H20ClFN4O4S/c1-14-3-2-4-16(9-14)23-29-30-24(35-23)18-10-21-22(11-19(18)27)36(33,34)13-20(28)25(32)31(21)12-15-5-7-17(26)8-6-15/h2-11,20H,12-13,28H2,1H3/t20-/m0/s1. The van der Waals surface area contributed by atoms with Crippen molar-refractivity contribution in [1.82, 2.24) is 10.2 Å². The van der Waals surface area contributed by atoms with Gasteiger partial charge in [0.1, 0.15) is 5.82 Å². The lowest BCUT2D eigenvalue weighted by Crippen LogP contribution is -2.45. The normalized spacial score (nSPS) is 17.1. The van der Waals surface area contributed by atoms with Crippen LogP contribution in [0, 0.1) is 12.7 Å². The summed E-state index contributed by atoms with van der Waals surface area (Å²) in [6.45, 7) is 1.90. The van der Waals surface area contributed by atoms with Gasteiger partial charge in [-0.05, 0) is 48.9 Å². The van der Waals surface area contributed by atoms with Gasteiger partial charge in [-0.2, -0.15) is 0 Å². The Hall–Kier alpha value is -3.60. The molecule has 0 spiro atoms. The molecular formula is C25H20ClFN4O4S. The summed E-state index contributed by atoms with van der Waals surface area (Å²) in [4.78, 5) is 14.1. The topological polar surface area (TPSA) is 119 Å². The van der Waals surface area contributed by atoms with E-state index in [0.29, 0.717) is 16.1 Å². The maximum atomic E-state index is 15.3. The lowest BCUT2D eigenvalue weighted by molar-refractivity contribution is -0.119. The van der Waals surface area contributed by atoms with Gasteiger partial charge in [-0.3, -0.25) is 4.79 Å². The van der Waals surface area contributed by atoms with Crippen LogP contribution in [0.2, 0.25) is 5.02 Å². The highest BCUT2D eigenvalue weighted by atomic mass is 35.5. The van der Waals surface area contributed by atoms with E-state index in [1.807, 2.05) is 25.1 Å². The molecule has 0 saturated carbocycles. The highest BCUT2D eigenvalue weighted by molar-refractivity contribution is 7.91. The number of carbonyl (C=O) groups is 1. The van der Waals surface area contributed by atoms with Crippen LogP contribution in [0.15, 0.2) is 70.0 Å². The maximum absolute atomic E-state index is 15.3. The molecule has 1 amide bonds. The summed E-state index contributed by atoms with van der Waals surface area (Å²) < 4.78 is 47.0. The monoisotopic (exact) mass is 526 g/mol. The van der Waals surface area contributed by atoms with Crippen molar-refractivity contribution in [3.05, 3.63) is 82.6 Å². The van der Waals surface area contributed by atoms with E-state index in [9.17, 15) is 13.2 Å². The molecule has 5 rings (SSSR count). The Kier molecular flexibility index (Phi) is 6.11. The van der Waals surface area contributed by atoms with Crippen LogP contribution in [0.1, 0.15) is 11.1 Å². The number of halogens is 2. The Morgan fingerprint density at radius 2 is 1.83 bits per heavy atom. The Bertz CT molecular complexity index is 1590. The van der Waals surface area contributed by atoms with Gasteiger partial charge in [-0.1, -0.05) is 41.4 Å². The van der Waals surface area contributed by atoms with Crippen LogP contribution in [0.3, 0.4) is 0 Å². The van der Waals surface area contributed by atoms with Gasteiger partial charge in [0.05, 0.1) is 34.5 Å². The average Bonchev–Trinajstić information content (AvgIpc) is 3.31. The second kappa shape index (κ2) is 9.12. The number of aryl methyl sites for hydroxylation is 1. The first-order chi connectivity index (χ1) is 17.1. The number of fused-ring (bicyclic) bond motifs is 1. The largest absolute Gasteiger partial charge is 0.416 e. The van der Waals surface area contributed by atoms with Crippen LogP contribution in [-0.4, -0.2) is 36.3 Å². The van der Waals surface area contributed by atoms with Crippen molar-refractivity contribution in [2.75, 3.05) is 10.7 Å². The summed E-state index contributed by atoms with van der Waals surface area (Å²) in [6.07, 6.45) is 0. The van der Waals surface area contributed by atoms with Gasteiger partial charge in [-0.25, -0.2) is 12.8 Å². The van der Waals surface area contributed by atoms with E-state index in [2.05, 4.69) is 10.2 Å². The molecule has 0 fully saturated rings. The predicted octanol–water partition coefficient (Wildman–Crippen LogP) is 4.15. The smallest absolute Gasteiger partial charge is 0.251 e. The van der Waals surface area contributed by atoms with Gasteiger partial charge in [-0.15, -0.1) is 10.2 Å². The van der Waals surface area contributed by atoms with Crippen molar-refractivity contribution in [3.8, 4) is 22.9 Å². The Labute approximate surface area is 211 Å². The van der Waals surface area contributed by atoms with E-state index in [1.54, 1.807) is 30.3 Å². The van der Waals surface area contributed by atoms with Crippen molar-refractivity contribution in [2.45, 2.75) is 24.4 Å². The van der Waals surface area contributed by atoms with Crippen molar-refractivity contribution >= 4 is 33.0 Å². The van der Waals surface area contributed by atoms with Crippen molar-refractivity contribution in [2.24, 2.45) is 5.73 Å². The molecule has 4 aromatic rings. The number of sulfone groups is 1. The molecule has 8 nitrogen and oxygen atoms in total. The Morgan fingerprint density at radius 3 is 2.56 bits per heavy atom. The fraction of sp³-hybridized carbons (Fsp3) is 0.160. The molecule has 1 atom stereocenters. The molecular weight excluding hydrogens is 507 g/mol. The number of nitrogens with zero attached hydrogens (tertiary/aromatic N) is 3. The molecule has 1 aliphatic heterocycles. The molecule has 11 heteroatoms. The van der Waals surface area contributed by atoms with Gasteiger partial charge < -0.3 is 15.1 Å². The zero-order chi connectivity index (χ0) is 25.6. The zero-order valence-electron chi connectivity index (χ0n) is 19.0. The third-order valence-corrected chi connectivity index (χ3v) is 7.88. The molecule has 36 heavy (non-hydrogen) atoms. The van der Waals surface area contributed by atoms with E-state index < -0.39 is 33.4 Å². The average molecular weight is 527 g/mol. The van der Waals surface area contributed by atoms with Crippen LogP contribution in [0.25, 0.3) is 22.9 Å². The van der Waals surface area contributed by atoms with Gasteiger partial charge >= 0.3 is 0 Å². The van der Waals surface area contributed by atoms with Gasteiger partial charge in [0.15, 0.2) is 9.84 Å². The van der Waals surface area contributed by atoms with Gasteiger partial charge in [0.2, 0.25) is 11.8 Å². The predicted molar refractivity (Wildman–Crippen MR) is 133 cm³/mol. The van der Waals surface area contributed by atoms with Crippen LogP contribution in [0.4, 0.5) is 10.1 Å². The third-order valence-electron chi connectivity index (χ3n) is 5.83. The summed E-state index contributed by atoms with van der Waals surface area (Å²) in [5, 5.41) is 8.48. The number of hydrogen-bond donors (Lipinski definition) is 1. The third kappa shape index (κ3) is 4.50. The molecule has 1 aromatic heterocycles. The number of amides is 1. The fourth-order valence-corrected chi connectivity index (χ4v) is 5.74. The summed E-state index contributed by atoms with van der Waals surface area (Å²) in [5.74, 6) is -2.13. The highest BCUT2D eigenvalue weighted by Crippen LogP contribution is 2.37. The minimum Gasteiger partial charge on any atom is -0.416 e. The van der Waals surface area contributed by atoms with Gasteiger partial charge in [0.25, 0.3) is 5.89 Å². The highest BCUT2D eigenvalue weighted by Gasteiger charge is 2.37. The Morgan fingerprint density at radius 1 is 1.11 bits per heavy atom. The summed E-state index contributed by atoms with van der Waals surface area (Å²) in [7, 11) is -4.07. The van der Waals surface area contributed by atoms with Crippen LogP contribution in [0.5, 0.6) is 0 Å². The lowest BCUT2D eigenvalue weighted by Gasteiger charge is -2.24. The maximum Gasteiger partial charge on any atom is 0.251 e. The molecule has 1 aliphatic rings. The molecule has 0 saturated heterocycles. The van der Waals surface area contributed by atoms with Crippen LogP contribution < -0.4 is 10.6 Å². The molecule has 184 valence electrons. The van der Waals surface area contributed by atoms with E-state index >= 15 is 4.39 Å². The van der Waals surface area contributed by atoms with Crippen LogP contribution in [-0.2, 0) is 21.2 Å². The first kappa shape index (κ1) is 24.1. The zero-order valence-corrected chi connectivity index (χ0v) is 20.6. The molecule has 0 unspecified atom stereocenters. The van der Waals surface area contributed by atoms with Crippen molar-refractivity contribution in [3.63, 3.8) is 0 Å². The number of benzene rings is 3. The summed E-state index contributed by atoms with van der Waals surface area (Å²) in [6, 6.07) is 14.8. The first-order valence-corrected chi connectivity index (χ1v) is 12.9. The first-order valence-electron chi connectivity index (χ1n) is 10.9. The minimum atomic E-state index is -4.07. The lowest BCUT2D eigenvalue weighted by atomic mass is 10.1. The van der Waals surface area contributed by atoms with E-state index in [-0.39, 0.29) is 34.5 Å². The van der Waals surface area contributed by atoms with Crippen LogP contribution >= 0.6 is 11.6 Å². The molecule has 0 bridgehead atoms. The van der Waals surface area contributed by atoms with Crippen molar-refractivity contribution in [1.29, 1.82) is 0 Å². The van der Waals surface area contributed by atoms with E-state index in [0.717, 1.165) is 11.6 Å². The summed E-state index contributed by atoms with van der Waals surface area (Å²) >= 11 is 5.97. The number of carbonyl (C=O) groups excluding carboxylic acids is 1. The van der Waals surface area contributed by atoms with E-state index in [4.69, 9.17) is 21.8 Å². The van der Waals surface area contributed by atoms with Gasteiger partial charge in [0, 0.05) is 10.6 Å². The molecule has 2 N–H and O–H groups in total. The molecule has 0 aliphatic carbocycles. The number of anilines is 1. The van der Waals surface area contributed by atoms with Crippen molar-refractivity contribution < 1.29 is 22.0 Å². The minimum absolute atomic E-state index is 0.00430. The fourth-order valence-electron chi connectivity index (χ4n) is 4.05. The Balaban J connectivity index is 1.64. The second-order valence-corrected chi connectivity index (χ2v) is 11.0. The SMILES string of the molecule is Cc1cccc(-c2nnc(-c3cc4c(cc3F)S(=O)(=O)C[C@H](N)C(=O)N4Cc3ccc(Cl)cc3)o2)c1. The molecule has 3 aromatic carbocycles. The molecule has 0 radical (unpaired) electrons. The quantitative estimate of drug-likeness (QED) is 0.424. The summed E-state index contributed by atoms with van der Waals surface area (Å²) in [5.41, 5.74) is 8.08. The second-order valence-electron chi connectivity index (χ2n) is 8.52. The number of nitrogens with two attached hydrogens (primary N) is 1.